The lowest BCUT2D eigenvalue weighted by molar-refractivity contribution is 0.597. The van der Waals surface area contributed by atoms with Crippen molar-refractivity contribution >= 4 is 32.3 Å². The summed E-state index contributed by atoms with van der Waals surface area (Å²) in [5.41, 5.74) is 7.29. The number of sulfone groups is 1. The van der Waals surface area contributed by atoms with Crippen molar-refractivity contribution in [3.63, 3.8) is 0 Å². The first-order chi connectivity index (χ1) is 10.6. The van der Waals surface area contributed by atoms with Gasteiger partial charge in [0.25, 0.3) is 0 Å². The first-order valence-corrected chi connectivity index (χ1v) is 8.71. The molecule has 114 valence electrons. The van der Waals surface area contributed by atoms with Crippen molar-refractivity contribution in [3.05, 3.63) is 59.2 Å². The predicted octanol–water partition coefficient (Wildman–Crippen LogP) is 3.16. The van der Waals surface area contributed by atoms with Crippen LogP contribution in [0.1, 0.15) is 5.56 Å². The van der Waals surface area contributed by atoms with E-state index in [2.05, 4.69) is 4.98 Å². The van der Waals surface area contributed by atoms with Crippen LogP contribution in [0.4, 0.5) is 0 Å². The van der Waals surface area contributed by atoms with Gasteiger partial charge in [0, 0.05) is 5.39 Å². The molecule has 4 nitrogen and oxygen atoms in total. The lowest BCUT2D eigenvalue weighted by Gasteiger charge is -2.05. The van der Waals surface area contributed by atoms with Gasteiger partial charge >= 0.3 is 0 Å². The second kappa shape index (κ2) is 5.76. The third-order valence-electron chi connectivity index (χ3n) is 3.57. The molecule has 0 aliphatic carbocycles. The molecule has 0 atom stereocenters. The van der Waals surface area contributed by atoms with Crippen LogP contribution in [0, 0.1) is 0 Å². The quantitative estimate of drug-likeness (QED) is 0.769. The lowest BCUT2D eigenvalue weighted by atomic mass is 10.1. The molecule has 0 bridgehead atoms. The zero-order valence-corrected chi connectivity index (χ0v) is 13.3. The number of aromatic nitrogens is 1. The first kappa shape index (κ1) is 15.1. The molecule has 0 radical (unpaired) electrons. The van der Waals surface area contributed by atoms with Crippen molar-refractivity contribution in [3.8, 4) is 0 Å². The molecule has 1 aromatic heterocycles. The summed E-state index contributed by atoms with van der Waals surface area (Å²) < 4.78 is 25.7. The third-order valence-corrected chi connectivity index (χ3v) is 5.82. The monoisotopic (exact) mass is 334 g/mol. The number of hydrogen-bond donors (Lipinski definition) is 2. The van der Waals surface area contributed by atoms with Crippen LogP contribution >= 0.6 is 11.6 Å². The molecule has 0 aliphatic heterocycles. The fourth-order valence-electron chi connectivity index (χ4n) is 2.57. The van der Waals surface area contributed by atoms with Crippen LogP contribution in [0.3, 0.4) is 0 Å². The standard InChI is InChI=1S/C16H15ClN2O2S/c17-16-15(22(20,21)12-6-2-1-3-7-12)13-8-4-5-11(9-10-18)14(13)19-16/h1-8,19H,9-10,18H2. The predicted molar refractivity (Wildman–Crippen MR) is 88.0 cm³/mol. The molecular formula is C16H15ClN2O2S. The molecule has 0 amide bonds. The van der Waals surface area contributed by atoms with Crippen molar-refractivity contribution in [1.29, 1.82) is 0 Å². The molecule has 0 unspecified atom stereocenters. The van der Waals surface area contributed by atoms with Crippen molar-refractivity contribution in [2.75, 3.05) is 6.54 Å². The van der Waals surface area contributed by atoms with Gasteiger partial charge < -0.3 is 10.7 Å². The molecule has 1 heterocycles. The van der Waals surface area contributed by atoms with E-state index in [1.165, 1.54) is 0 Å². The van der Waals surface area contributed by atoms with E-state index in [1.54, 1.807) is 36.4 Å². The van der Waals surface area contributed by atoms with E-state index < -0.39 is 9.84 Å². The number of hydrogen-bond acceptors (Lipinski definition) is 3. The second-order valence-electron chi connectivity index (χ2n) is 4.96. The van der Waals surface area contributed by atoms with Crippen molar-refractivity contribution in [2.45, 2.75) is 16.2 Å². The van der Waals surface area contributed by atoms with Gasteiger partial charge in [-0.1, -0.05) is 48.0 Å². The largest absolute Gasteiger partial charge is 0.344 e. The third kappa shape index (κ3) is 2.41. The molecule has 0 saturated carbocycles. The SMILES string of the molecule is NCCc1cccc2c(S(=O)(=O)c3ccccc3)c(Cl)[nH]c12. The molecular weight excluding hydrogens is 320 g/mol. The van der Waals surface area contributed by atoms with Gasteiger partial charge in [-0.15, -0.1) is 0 Å². The number of nitrogens with two attached hydrogens (primary N) is 1. The van der Waals surface area contributed by atoms with E-state index in [1.807, 2.05) is 12.1 Å². The van der Waals surface area contributed by atoms with E-state index >= 15 is 0 Å². The van der Waals surface area contributed by atoms with Crippen LogP contribution < -0.4 is 5.73 Å². The summed E-state index contributed by atoms with van der Waals surface area (Å²) in [4.78, 5) is 3.33. The number of nitrogens with one attached hydrogen (secondary N) is 1. The number of halogens is 1. The highest BCUT2D eigenvalue weighted by molar-refractivity contribution is 7.91. The molecule has 6 heteroatoms. The smallest absolute Gasteiger partial charge is 0.210 e. The van der Waals surface area contributed by atoms with Gasteiger partial charge in [0.15, 0.2) is 0 Å². The average molecular weight is 335 g/mol. The van der Waals surface area contributed by atoms with Gasteiger partial charge in [0.2, 0.25) is 9.84 Å². The molecule has 0 saturated heterocycles. The number of benzene rings is 2. The maximum Gasteiger partial charge on any atom is 0.210 e. The molecule has 22 heavy (non-hydrogen) atoms. The summed E-state index contributed by atoms with van der Waals surface area (Å²) in [6.45, 7) is 0.483. The van der Waals surface area contributed by atoms with Gasteiger partial charge in [0.05, 0.1) is 10.4 Å². The van der Waals surface area contributed by atoms with Crippen LogP contribution in [0.15, 0.2) is 58.3 Å². The zero-order valence-electron chi connectivity index (χ0n) is 11.7. The summed E-state index contributed by atoms with van der Waals surface area (Å²) in [6.07, 6.45) is 0.652. The van der Waals surface area contributed by atoms with Crippen molar-refractivity contribution in [1.82, 2.24) is 4.98 Å². The van der Waals surface area contributed by atoms with Crippen molar-refractivity contribution < 1.29 is 8.42 Å². The number of H-pyrrole nitrogens is 1. The Labute approximate surface area is 133 Å². The lowest BCUT2D eigenvalue weighted by Crippen LogP contribution is -2.03. The van der Waals surface area contributed by atoms with Crippen LogP contribution in [-0.2, 0) is 16.3 Å². The maximum atomic E-state index is 12.9. The minimum Gasteiger partial charge on any atom is -0.344 e. The number of fused-ring (bicyclic) bond motifs is 1. The fourth-order valence-corrected chi connectivity index (χ4v) is 4.56. The zero-order chi connectivity index (χ0) is 15.7. The number of rotatable bonds is 4. The van der Waals surface area contributed by atoms with Crippen molar-refractivity contribution in [2.24, 2.45) is 5.73 Å². The number of aromatic amines is 1. The van der Waals surface area contributed by atoms with Gasteiger partial charge in [-0.05, 0) is 30.7 Å². The van der Waals surface area contributed by atoms with Crippen LogP contribution in [0.2, 0.25) is 5.15 Å². The first-order valence-electron chi connectivity index (χ1n) is 6.85. The highest BCUT2D eigenvalue weighted by atomic mass is 35.5. The molecule has 3 N–H and O–H groups in total. The van der Waals surface area contributed by atoms with Gasteiger partial charge in [-0.25, -0.2) is 8.42 Å². The summed E-state index contributed by atoms with van der Waals surface area (Å²) in [6, 6.07) is 13.8. The molecule has 0 aliphatic rings. The highest BCUT2D eigenvalue weighted by Gasteiger charge is 2.26. The summed E-state index contributed by atoms with van der Waals surface area (Å²) in [5.74, 6) is 0. The summed E-state index contributed by atoms with van der Waals surface area (Å²) in [5, 5.41) is 0.725. The Morgan fingerprint density at radius 2 is 1.77 bits per heavy atom. The Morgan fingerprint density at radius 1 is 1.05 bits per heavy atom. The maximum absolute atomic E-state index is 12.9. The van der Waals surface area contributed by atoms with Gasteiger partial charge in [-0.3, -0.25) is 0 Å². The van der Waals surface area contributed by atoms with E-state index in [-0.39, 0.29) is 14.9 Å². The van der Waals surface area contributed by atoms with Gasteiger partial charge in [0.1, 0.15) is 10.0 Å². The Balaban J connectivity index is 2.28. The van der Waals surface area contributed by atoms with E-state index in [4.69, 9.17) is 17.3 Å². The highest BCUT2D eigenvalue weighted by Crippen LogP contribution is 2.35. The minimum atomic E-state index is -3.68. The molecule has 0 fully saturated rings. The van der Waals surface area contributed by atoms with E-state index in [0.717, 1.165) is 11.1 Å². The normalized spacial score (nSPS) is 11.9. The Morgan fingerprint density at radius 3 is 2.45 bits per heavy atom. The van der Waals surface area contributed by atoms with Gasteiger partial charge in [-0.2, -0.15) is 0 Å². The topological polar surface area (TPSA) is 76.0 Å². The molecule has 0 spiro atoms. The Bertz CT molecular complexity index is 918. The second-order valence-corrected chi connectivity index (χ2v) is 7.23. The van der Waals surface area contributed by atoms with Crippen LogP contribution in [0.25, 0.3) is 10.9 Å². The van der Waals surface area contributed by atoms with E-state index in [9.17, 15) is 8.42 Å². The summed E-state index contributed by atoms with van der Waals surface area (Å²) >= 11 is 6.21. The molecule has 3 rings (SSSR count). The molecule has 2 aromatic carbocycles. The Hall–Kier alpha value is -1.82. The van der Waals surface area contributed by atoms with E-state index in [0.29, 0.717) is 18.4 Å². The van der Waals surface area contributed by atoms with Crippen LogP contribution in [-0.4, -0.2) is 19.9 Å². The van der Waals surface area contributed by atoms with Crippen LogP contribution in [0.5, 0.6) is 0 Å². The Kier molecular flexibility index (Phi) is 3.95. The fraction of sp³-hybridized carbons (Fsp3) is 0.125. The minimum absolute atomic E-state index is 0.120. The number of para-hydroxylation sites is 1. The molecule has 3 aromatic rings. The summed E-state index contributed by atoms with van der Waals surface area (Å²) in [7, 11) is -3.68. The average Bonchev–Trinajstić information content (AvgIpc) is 2.86.